The van der Waals surface area contributed by atoms with Gasteiger partial charge in [-0.2, -0.15) is 5.26 Å². The van der Waals surface area contributed by atoms with E-state index in [4.69, 9.17) is 5.26 Å². The van der Waals surface area contributed by atoms with Crippen molar-refractivity contribution in [1.82, 2.24) is 5.32 Å². The van der Waals surface area contributed by atoms with Crippen LogP contribution in [0.2, 0.25) is 0 Å². The zero-order valence-electron chi connectivity index (χ0n) is 12.4. The zero-order valence-corrected chi connectivity index (χ0v) is 13.2. The van der Waals surface area contributed by atoms with Crippen molar-refractivity contribution in [1.29, 1.82) is 5.26 Å². The van der Waals surface area contributed by atoms with Crippen LogP contribution in [0, 0.1) is 11.3 Å². The average Bonchev–Trinajstić information content (AvgIpc) is 2.47. The number of nitriles is 1. The van der Waals surface area contributed by atoms with Gasteiger partial charge in [0.2, 0.25) is 0 Å². The van der Waals surface area contributed by atoms with Crippen LogP contribution in [0.3, 0.4) is 0 Å². The van der Waals surface area contributed by atoms with E-state index in [1.165, 1.54) is 31.4 Å². The molecule has 114 valence electrons. The molecule has 0 bridgehead atoms. The van der Waals surface area contributed by atoms with Gasteiger partial charge in [-0.05, 0) is 44.0 Å². The molecule has 0 aliphatic heterocycles. The minimum atomic E-state index is -3.28. The highest BCUT2D eigenvalue weighted by Crippen LogP contribution is 2.27. The number of sulfone groups is 1. The summed E-state index contributed by atoms with van der Waals surface area (Å²) in [6, 6.07) is 8.10. The van der Waals surface area contributed by atoms with E-state index in [1.54, 1.807) is 12.1 Å². The summed E-state index contributed by atoms with van der Waals surface area (Å²) in [4.78, 5) is 0.289. The first-order chi connectivity index (χ1) is 9.95. The summed E-state index contributed by atoms with van der Waals surface area (Å²) in [5, 5.41) is 12.2. The minimum absolute atomic E-state index is 0.0818. The normalized spacial score (nSPS) is 18.1. The summed E-state index contributed by atoms with van der Waals surface area (Å²) in [5.41, 5.74) is 0.556. The van der Waals surface area contributed by atoms with Gasteiger partial charge in [-0.25, -0.2) is 8.42 Å². The van der Waals surface area contributed by atoms with E-state index in [9.17, 15) is 8.42 Å². The van der Waals surface area contributed by atoms with Crippen molar-refractivity contribution < 1.29 is 8.42 Å². The van der Waals surface area contributed by atoms with Gasteiger partial charge in [0.1, 0.15) is 0 Å². The van der Waals surface area contributed by atoms with E-state index in [0.29, 0.717) is 12.1 Å². The molecule has 2 rings (SSSR count). The molecule has 0 aromatic heterocycles. The van der Waals surface area contributed by atoms with Crippen LogP contribution in [0.5, 0.6) is 0 Å². The second-order valence-electron chi connectivity index (χ2n) is 6.00. The second-order valence-corrected chi connectivity index (χ2v) is 8.11. The molecule has 0 spiro atoms. The topological polar surface area (TPSA) is 70.0 Å². The molecule has 4 nitrogen and oxygen atoms in total. The van der Waals surface area contributed by atoms with Crippen molar-refractivity contribution in [2.75, 3.05) is 12.3 Å². The molecular formula is C16H22N2O2S. The molecular weight excluding hydrogens is 284 g/mol. The van der Waals surface area contributed by atoms with Crippen LogP contribution >= 0.6 is 0 Å². The number of rotatable bonds is 5. The number of hydrogen-bond donors (Lipinski definition) is 1. The van der Waals surface area contributed by atoms with Gasteiger partial charge >= 0.3 is 0 Å². The molecule has 1 aromatic rings. The first-order valence-corrected chi connectivity index (χ1v) is 9.08. The Labute approximate surface area is 127 Å². The van der Waals surface area contributed by atoms with E-state index in [-0.39, 0.29) is 16.2 Å². The summed E-state index contributed by atoms with van der Waals surface area (Å²) in [5.74, 6) is 0.0918. The highest BCUT2D eigenvalue weighted by molar-refractivity contribution is 7.91. The van der Waals surface area contributed by atoms with E-state index in [1.807, 2.05) is 6.07 Å². The van der Waals surface area contributed by atoms with Gasteiger partial charge < -0.3 is 5.32 Å². The molecule has 21 heavy (non-hydrogen) atoms. The SMILES string of the molecule is CC1(NCCS(=O)(=O)c2ccc(C#N)cc2)CCCCC1. The first kappa shape index (κ1) is 16.0. The highest BCUT2D eigenvalue weighted by atomic mass is 32.2. The van der Waals surface area contributed by atoms with E-state index < -0.39 is 9.84 Å². The van der Waals surface area contributed by atoms with Crippen LogP contribution in [0.15, 0.2) is 29.2 Å². The van der Waals surface area contributed by atoms with Crippen LogP contribution in [-0.4, -0.2) is 26.3 Å². The molecule has 1 aromatic carbocycles. The van der Waals surface area contributed by atoms with Crippen LogP contribution in [0.25, 0.3) is 0 Å². The Balaban J connectivity index is 1.93. The summed E-state index contributed by atoms with van der Waals surface area (Å²) >= 11 is 0. The van der Waals surface area contributed by atoms with Crippen molar-refractivity contribution in [3.05, 3.63) is 29.8 Å². The van der Waals surface area contributed by atoms with Crippen molar-refractivity contribution >= 4 is 9.84 Å². The molecule has 1 aliphatic rings. The minimum Gasteiger partial charge on any atom is -0.310 e. The lowest BCUT2D eigenvalue weighted by Crippen LogP contribution is -2.45. The monoisotopic (exact) mass is 306 g/mol. The Morgan fingerprint density at radius 1 is 1.19 bits per heavy atom. The Hall–Kier alpha value is -1.38. The molecule has 0 amide bonds. The maximum atomic E-state index is 12.3. The maximum Gasteiger partial charge on any atom is 0.179 e. The largest absolute Gasteiger partial charge is 0.310 e. The Kier molecular flexibility index (Phi) is 5.02. The third kappa shape index (κ3) is 4.29. The van der Waals surface area contributed by atoms with Gasteiger partial charge in [-0.15, -0.1) is 0 Å². The quantitative estimate of drug-likeness (QED) is 0.908. The molecule has 0 unspecified atom stereocenters. The molecule has 5 heteroatoms. The predicted molar refractivity (Wildman–Crippen MR) is 82.7 cm³/mol. The van der Waals surface area contributed by atoms with Crippen molar-refractivity contribution in [2.24, 2.45) is 0 Å². The molecule has 1 fully saturated rings. The third-order valence-corrected chi connectivity index (χ3v) is 5.95. The number of nitrogens with one attached hydrogen (secondary N) is 1. The predicted octanol–water partition coefficient (Wildman–Crippen LogP) is 2.64. The van der Waals surface area contributed by atoms with Gasteiger partial charge in [0, 0.05) is 12.1 Å². The van der Waals surface area contributed by atoms with Gasteiger partial charge in [-0.3, -0.25) is 0 Å². The van der Waals surface area contributed by atoms with E-state index >= 15 is 0 Å². The van der Waals surface area contributed by atoms with Crippen LogP contribution < -0.4 is 5.32 Å². The summed E-state index contributed by atoms with van der Waals surface area (Å²) in [7, 11) is -3.28. The Morgan fingerprint density at radius 3 is 2.38 bits per heavy atom. The maximum absolute atomic E-state index is 12.3. The molecule has 0 heterocycles. The number of benzene rings is 1. The van der Waals surface area contributed by atoms with Crippen molar-refractivity contribution in [2.45, 2.75) is 49.5 Å². The fourth-order valence-electron chi connectivity index (χ4n) is 2.85. The van der Waals surface area contributed by atoms with Crippen molar-refractivity contribution in [3.8, 4) is 6.07 Å². The lowest BCUT2D eigenvalue weighted by atomic mass is 9.83. The van der Waals surface area contributed by atoms with Crippen LogP contribution in [0.4, 0.5) is 0 Å². The van der Waals surface area contributed by atoms with Gasteiger partial charge in [0.15, 0.2) is 9.84 Å². The molecule has 0 radical (unpaired) electrons. The number of hydrogen-bond acceptors (Lipinski definition) is 4. The van der Waals surface area contributed by atoms with E-state index in [2.05, 4.69) is 12.2 Å². The molecule has 0 atom stereocenters. The molecule has 1 aliphatic carbocycles. The van der Waals surface area contributed by atoms with Gasteiger partial charge in [0.25, 0.3) is 0 Å². The van der Waals surface area contributed by atoms with Crippen LogP contribution in [-0.2, 0) is 9.84 Å². The van der Waals surface area contributed by atoms with E-state index in [0.717, 1.165) is 12.8 Å². The standard InChI is InChI=1S/C16H22N2O2S/c1-16(9-3-2-4-10-16)18-11-12-21(19,20)15-7-5-14(13-17)6-8-15/h5-8,18H,2-4,9-12H2,1H3. The summed E-state index contributed by atoms with van der Waals surface area (Å²) in [6.45, 7) is 2.65. The highest BCUT2D eigenvalue weighted by Gasteiger charge is 2.26. The zero-order chi connectivity index (χ0) is 15.3. The fourth-order valence-corrected chi connectivity index (χ4v) is 4.01. The first-order valence-electron chi connectivity index (χ1n) is 7.43. The molecule has 1 N–H and O–H groups in total. The average molecular weight is 306 g/mol. The summed E-state index contributed by atoms with van der Waals surface area (Å²) < 4.78 is 24.5. The number of nitrogens with zero attached hydrogens (tertiary/aromatic N) is 1. The van der Waals surface area contributed by atoms with Gasteiger partial charge in [0.05, 0.1) is 22.3 Å². The smallest absolute Gasteiger partial charge is 0.179 e. The Morgan fingerprint density at radius 2 is 1.81 bits per heavy atom. The Bertz CT molecular complexity index is 609. The summed E-state index contributed by atoms with van der Waals surface area (Å²) in [6.07, 6.45) is 5.94. The third-order valence-electron chi connectivity index (χ3n) is 4.22. The lowest BCUT2D eigenvalue weighted by molar-refractivity contribution is 0.259. The molecule has 0 saturated heterocycles. The van der Waals surface area contributed by atoms with Crippen molar-refractivity contribution in [3.63, 3.8) is 0 Å². The lowest BCUT2D eigenvalue weighted by Gasteiger charge is -2.34. The van der Waals surface area contributed by atoms with Gasteiger partial charge in [-0.1, -0.05) is 19.3 Å². The van der Waals surface area contributed by atoms with Crippen LogP contribution in [0.1, 0.15) is 44.6 Å². The molecule has 1 saturated carbocycles. The fraction of sp³-hybridized carbons (Fsp3) is 0.562. The second kappa shape index (κ2) is 6.59.